The zero-order valence-corrected chi connectivity index (χ0v) is 15.2. The molecule has 0 atom stereocenters. The second-order valence-corrected chi connectivity index (χ2v) is 6.55. The van der Waals surface area contributed by atoms with Crippen molar-refractivity contribution in [1.29, 1.82) is 0 Å². The second kappa shape index (κ2) is 8.13. The molecule has 3 rings (SSSR count). The van der Waals surface area contributed by atoms with Crippen LogP contribution in [-0.4, -0.2) is 6.21 Å². The molecule has 0 saturated carbocycles. The van der Waals surface area contributed by atoms with Crippen LogP contribution < -0.4 is 4.74 Å². The fourth-order valence-electron chi connectivity index (χ4n) is 2.20. The van der Waals surface area contributed by atoms with Crippen LogP contribution in [0.1, 0.15) is 11.1 Å². The topological polar surface area (TPSA) is 21.6 Å². The summed E-state index contributed by atoms with van der Waals surface area (Å²) in [5.74, 6) is 0.776. The van der Waals surface area contributed by atoms with Gasteiger partial charge in [-0.25, -0.2) is 0 Å². The molecule has 0 aliphatic heterocycles. The van der Waals surface area contributed by atoms with Gasteiger partial charge in [-0.2, -0.15) is 0 Å². The van der Waals surface area contributed by atoms with Gasteiger partial charge in [0.05, 0.1) is 5.69 Å². The second-order valence-electron chi connectivity index (χ2n) is 5.19. The minimum atomic E-state index is 0.453. The lowest BCUT2D eigenvalue weighted by Gasteiger charge is -2.10. The van der Waals surface area contributed by atoms with Crippen molar-refractivity contribution in [3.8, 4) is 5.75 Å². The highest BCUT2D eigenvalue weighted by atomic mass is 79.9. The van der Waals surface area contributed by atoms with Crippen LogP contribution in [0, 0.1) is 0 Å². The summed E-state index contributed by atoms with van der Waals surface area (Å²) in [5.41, 5.74) is 2.84. The molecule has 0 unspecified atom stereocenters. The molecule has 120 valence electrons. The first-order valence-corrected chi connectivity index (χ1v) is 8.64. The molecule has 3 aromatic carbocycles. The largest absolute Gasteiger partial charge is 0.488 e. The monoisotopic (exact) mass is 399 g/mol. The van der Waals surface area contributed by atoms with Crippen LogP contribution >= 0.6 is 27.5 Å². The summed E-state index contributed by atoms with van der Waals surface area (Å²) in [6.45, 7) is 0.453. The van der Waals surface area contributed by atoms with Crippen molar-refractivity contribution in [3.05, 3.63) is 93.4 Å². The van der Waals surface area contributed by atoms with Gasteiger partial charge in [0.25, 0.3) is 0 Å². The van der Waals surface area contributed by atoms with E-state index >= 15 is 0 Å². The van der Waals surface area contributed by atoms with E-state index in [9.17, 15) is 0 Å². The molecule has 0 spiro atoms. The lowest BCUT2D eigenvalue weighted by atomic mass is 10.2. The van der Waals surface area contributed by atoms with E-state index in [0.29, 0.717) is 11.6 Å². The summed E-state index contributed by atoms with van der Waals surface area (Å²) >= 11 is 9.51. The Labute approximate surface area is 154 Å². The van der Waals surface area contributed by atoms with Crippen LogP contribution in [-0.2, 0) is 6.61 Å². The lowest BCUT2D eigenvalue weighted by molar-refractivity contribution is 0.306. The number of hydrogen-bond acceptors (Lipinski definition) is 2. The number of para-hydroxylation sites is 1. The quantitative estimate of drug-likeness (QED) is 0.452. The van der Waals surface area contributed by atoms with E-state index in [-0.39, 0.29) is 0 Å². The standard InChI is InChI=1S/C20H15BrClNO/c21-17-9-10-20(24-14-15-5-4-6-18(22)11-15)16(12-17)13-23-19-7-2-1-3-8-19/h1-13H,14H2. The minimum absolute atomic E-state index is 0.453. The smallest absolute Gasteiger partial charge is 0.128 e. The number of aliphatic imine (C=N–C) groups is 1. The fraction of sp³-hybridized carbons (Fsp3) is 0.0500. The van der Waals surface area contributed by atoms with Gasteiger partial charge in [-0.3, -0.25) is 4.99 Å². The summed E-state index contributed by atoms with van der Waals surface area (Å²) in [7, 11) is 0. The predicted molar refractivity (Wildman–Crippen MR) is 104 cm³/mol. The van der Waals surface area contributed by atoms with E-state index in [0.717, 1.165) is 27.0 Å². The van der Waals surface area contributed by atoms with Gasteiger partial charge >= 0.3 is 0 Å². The van der Waals surface area contributed by atoms with Gasteiger partial charge in [-0.15, -0.1) is 0 Å². The van der Waals surface area contributed by atoms with Crippen LogP contribution in [0.15, 0.2) is 82.3 Å². The highest BCUT2D eigenvalue weighted by molar-refractivity contribution is 9.10. The Morgan fingerprint density at radius 3 is 2.58 bits per heavy atom. The summed E-state index contributed by atoms with van der Waals surface area (Å²) in [6.07, 6.45) is 1.81. The normalized spacial score (nSPS) is 10.9. The molecule has 3 aromatic rings. The molecule has 0 aromatic heterocycles. The summed E-state index contributed by atoms with van der Waals surface area (Å²) < 4.78 is 6.93. The number of ether oxygens (including phenoxy) is 1. The Morgan fingerprint density at radius 2 is 1.79 bits per heavy atom. The van der Waals surface area contributed by atoms with Crippen LogP contribution in [0.25, 0.3) is 0 Å². The van der Waals surface area contributed by atoms with E-state index in [1.165, 1.54) is 0 Å². The zero-order valence-electron chi connectivity index (χ0n) is 12.8. The third-order valence-corrected chi connectivity index (χ3v) is 4.09. The Bertz CT molecular complexity index is 849. The van der Waals surface area contributed by atoms with Gasteiger partial charge in [0.15, 0.2) is 0 Å². The molecule has 0 aliphatic rings. The lowest BCUT2D eigenvalue weighted by Crippen LogP contribution is -1.98. The van der Waals surface area contributed by atoms with Crippen molar-refractivity contribution in [2.45, 2.75) is 6.61 Å². The Hall–Kier alpha value is -2.10. The van der Waals surface area contributed by atoms with Gasteiger partial charge < -0.3 is 4.74 Å². The van der Waals surface area contributed by atoms with Crippen molar-refractivity contribution < 1.29 is 4.74 Å². The molecule has 0 saturated heterocycles. The van der Waals surface area contributed by atoms with E-state index in [1.54, 1.807) is 0 Å². The Kier molecular flexibility index (Phi) is 5.68. The maximum atomic E-state index is 6.01. The average molecular weight is 401 g/mol. The van der Waals surface area contributed by atoms with Gasteiger partial charge in [0, 0.05) is 21.3 Å². The maximum absolute atomic E-state index is 6.01. The first kappa shape index (κ1) is 16.7. The maximum Gasteiger partial charge on any atom is 0.128 e. The highest BCUT2D eigenvalue weighted by Gasteiger charge is 2.04. The molecular weight excluding hydrogens is 386 g/mol. The van der Waals surface area contributed by atoms with Crippen molar-refractivity contribution in [2.24, 2.45) is 4.99 Å². The number of hydrogen-bond donors (Lipinski definition) is 0. The molecule has 0 aliphatic carbocycles. The Balaban J connectivity index is 1.79. The molecule has 0 bridgehead atoms. The molecular formula is C20H15BrClNO. The molecule has 0 N–H and O–H groups in total. The number of nitrogens with zero attached hydrogens (tertiary/aromatic N) is 1. The average Bonchev–Trinajstić information content (AvgIpc) is 2.60. The van der Waals surface area contributed by atoms with Gasteiger partial charge in [-0.05, 0) is 48.0 Å². The Morgan fingerprint density at radius 1 is 0.958 bits per heavy atom. The summed E-state index contributed by atoms with van der Waals surface area (Å²) in [5, 5.41) is 0.706. The van der Waals surface area contributed by atoms with E-state index in [1.807, 2.05) is 79.0 Å². The molecule has 24 heavy (non-hydrogen) atoms. The zero-order chi connectivity index (χ0) is 16.8. The molecule has 4 heteroatoms. The fourth-order valence-corrected chi connectivity index (χ4v) is 2.79. The highest BCUT2D eigenvalue weighted by Crippen LogP contribution is 2.24. The summed E-state index contributed by atoms with van der Waals surface area (Å²) in [4.78, 5) is 4.50. The van der Waals surface area contributed by atoms with Crippen molar-refractivity contribution in [2.75, 3.05) is 0 Å². The third-order valence-electron chi connectivity index (χ3n) is 3.36. The van der Waals surface area contributed by atoms with Crippen molar-refractivity contribution >= 4 is 39.4 Å². The first-order valence-electron chi connectivity index (χ1n) is 7.46. The molecule has 0 fully saturated rings. The van der Waals surface area contributed by atoms with E-state index in [4.69, 9.17) is 16.3 Å². The van der Waals surface area contributed by atoms with E-state index < -0.39 is 0 Å². The molecule has 2 nitrogen and oxygen atoms in total. The van der Waals surface area contributed by atoms with Crippen LogP contribution in [0.4, 0.5) is 5.69 Å². The van der Waals surface area contributed by atoms with Crippen LogP contribution in [0.5, 0.6) is 5.75 Å². The SMILES string of the molecule is Clc1cccc(COc2ccc(Br)cc2C=Nc2ccccc2)c1. The number of rotatable bonds is 5. The van der Waals surface area contributed by atoms with Gasteiger partial charge in [0.2, 0.25) is 0 Å². The minimum Gasteiger partial charge on any atom is -0.488 e. The molecule has 0 amide bonds. The molecule has 0 radical (unpaired) electrons. The van der Waals surface area contributed by atoms with Gasteiger partial charge in [0.1, 0.15) is 12.4 Å². The number of benzene rings is 3. The third kappa shape index (κ3) is 4.70. The van der Waals surface area contributed by atoms with Crippen molar-refractivity contribution in [1.82, 2.24) is 0 Å². The summed E-state index contributed by atoms with van der Waals surface area (Å²) in [6, 6.07) is 23.3. The van der Waals surface area contributed by atoms with Crippen molar-refractivity contribution in [3.63, 3.8) is 0 Å². The van der Waals surface area contributed by atoms with Gasteiger partial charge in [-0.1, -0.05) is 57.9 Å². The first-order chi connectivity index (χ1) is 11.7. The van der Waals surface area contributed by atoms with E-state index in [2.05, 4.69) is 20.9 Å². The van der Waals surface area contributed by atoms with Crippen LogP contribution in [0.2, 0.25) is 5.02 Å². The number of halogens is 2. The predicted octanol–water partition coefficient (Wildman–Crippen LogP) is 6.43. The van der Waals surface area contributed by atoms with Crippen LogP contribution in [0.3, 0.4) is 0 Å². The molecule has 0 heterocycles.